The van der Waals surface area contributed by atoms with E-state index < -0.39 is 4.92 Å². The summed E-state index contributed by atoms with van der Waals surface area (Å²) in [5.41, 5.74) is 1.11. The van der Waals surface area contributed by atoms with E-state index in [1.54, 1.807) is 13.0 Å². The third-order valence-corrected chi connectivity index (χ3v) is 4.33. The van der Waals surface area contributed by atoms with Gasteiger partial charge in [-0.15, -0.1) is 0 Å². The number of non-ortho nitro benzene ring substituents is 1. The van der Waals surface area contributed by atoms with E-state index in [4.69, 9.17) is 0 Å². The van der Waals surface area contributed by atoms with Crippen LogP contribution < -0.4 is 0 Å². The minimum Gasteiger partial charge on any atom is -0.335 e. The number of aryl methyl sites for hydroxylation is 1. The van der Waals surface area contributed by atoms with Gasteiger partial charge >= 0.3 is 0 Å². The largest absolute Gasteiger partial charge is 0.335 e. The Morgan fingerprint density at radius 2 is 2.20 bits per heavy atom. The standard InChI is InChI=1S/C14H17BrN2O3/c1-10-6-11(8-13(7-10)17(19)20)14(18)16-5-3-2-4-12(16)9-15/h6-8,12H,2-5,9H2,1H3. The van der Waals surface area contributed by atoms with Crippen molar-refractivity contribution in [1.29, 1.82) is 0 Å². The van der Waals surface area contributed by atoms with E-state index in [9.17, 15) is 14.9 Å². The maximum Gasteiger partial charge on any atom is 0.270 e. The quantitative estimate of drug-likeness (QED) is 0.481. The number of alkyl halides is 1. The number of rotatable bonds is 3. The predicted octanol–water partition coefficient (Wildman–Crippen LogP) is 3.29. The van der Waals surface area contributed by atoms with Gasteiger partial charge in [0, 0.05) is 35.6 Å². The fourth-order valence-electron chi connectivity index (χ4n) is 2.59. The molecule has 1 aliphatic heterocycles. The SMILES string of the molecule is Cc1cc(C(=O)N2CCCCC2CBr)cc([N+](=O)[O-])c1. The number of nitrogens with zero attached hydrogens (tertiary/aromatic N) is 2. The summed E-state index contributed by atoms with van der Waals surface area (Å²) in [5.74, 6) is -0.110. The Morgan fingerprint density at radius 3 is 2.85 bits per heavy atom. The number of carbonyl (C=O) groups is 1. The zero-order chi connectivity index (χ0) is 14.7. The molecule has 108 valence electrons. The van der Waals surface area contributed by atoms with Crippen LogP contribution in [-0.2, 0) is 0 Å². The van der Waals surface area contributed by atoms with Crippen LogP contribution in [-0.4, -0.2) is 33.6 Å². The van der Waals surface area contributed by atoms with Crippen molar-refractivity contribution in [3.8, 4) is 0 Å². The molecular weight excluding hydrogens is 324 g/mol. The van der Waals surface area contributed by atoms with Gasteiger partial charge in [0.05, 0.1) is 4.92 Å². The van der Waals surface area contributed by atoms with Crippen molar-refractivity contribution in [2.24, 2.45) is 0 Å². The third kappa shape index (κ3) is 3.17. The molecule has 1 aromatic carbocycles. The van der Waals surface area contributed by atoms with E-state index in [1.165, 1.54) is 12.1 Å². The molecule has 1 aliphatic rings. The highest BCUT2D eigenvalue weighted by Gasteiger charge is 2.27. The van der Waals surface area contributed by atoms with Gasteiger partial charge in [-0.2, -0.15) is 0 Å². The second-order valence-electron chi connectivity index (χ2n) is 5.12. The van der Waals surface area contributed by atoms with E-state index in [-0.39, 0.29) is 17.6 Å². The first-order valence-electron chi connectivity index (χ1n) is 6.66. The molecule has 1 atom stereocenters. The van der Waals surface area contributed by atoms with E-state index >= 15 is 0 Å². The van der Waals surface area contributed by atoms with Crippen molar-refractivity contribution in [3.05, 3.63) is 39.4 Å². The summed E-state index contributed by atoms with van der Waals surface area (Å²) in [5, 5.41) is 11.6. The number of nitro groups is 1. The van der Waals surface area contributed by atoms with Crippen LogP contribution in [0.1, 0.15) is 35.2 Å². The molecule has 0 radical (unpaired) electrons. The van der Waals surface area contributed by atoms with E-state index in [0.717, 1.165) is 36.7 Å². The lowest BCUT2D eigenvalue weighted by Gasteiger charge is -2.34. The van der Waals surface area contributed by atoms with Crippen molar-refractivity contribution < 1.29 is 9.72 Å². The Kier molecular flexibility index (Phi) is 4.75. The lowest BCUT2D eigenvalue weighted by molar-refractivity contribution is -0.384. The molecule has 1 heterocycles. The van der Waals surface area contributed by atoms with Gasteiger partial charge in [-0.25, -0.2) is 0 Å². The molecule has 0 bridgehead atoms. The van der Waals surface area contributed by atoms with Gasteiger partial charge in [0.1, 0.15) is 0 Å². The molecule has 5 nitrogen and oxygen atoms in total. The second kappa shape index (κ2) is 6.35. The Morgan fingerprint density at radius 1 is 1.45 bits per heavy atom. The molecule has 6 heteroatoms. The van der Waals surface area contributed by atoms with Crippen LogP contribution in [0.2, 0.25) is 0 Å². The lowest BCUT2D eigenvalue weighted by Crippen LogP contribution is -2.44. The Bertz CT molecular complexity index is 533. The maximum atomic E-state index is 12.6. The smallest absolute Gasteiger partial charge is 0.270 e. The van der Waals surface area contributed by atoms with E-state index in [1.807, 2.05) is 4.90 Å². The molecule has 1 aromatic rings. The van der Waals surface area contributed by atoms with Crippen molar-refractivity contribution in [2.75, 3.05) is 11.9 Å². The van der Waals surface area contributed by atoms with Crippen LogP contribution in [0.4, 0.5) is 5.69 Å². The highest BCUT2D eigenvalue weighted by molar-refractivity contribution is 9.09. The minimum atomic E-state index is -0.456. The number of carbonyl (C=O) groups excluding carboxylic acids is 1. The zero-order valence-electron chi connectivity index (χ0n) is 11.3. The molecule has 1 fully saturated rings. The van der Waals surface area contributed by atoms with Gasteiger partial charge in [-0.3, -0.25) is 14.9 Å². The molecule has 0 aliphatic carbocycles. The van der Waals surface area contributed by atoms with E-state index in [2.05, 4.69) is 15.9 Å². The highest BCUT2D eigenvalue weighted by Crippen LogP contribution is 2.23. The van der Waals surface area contributed by atoms with Crippen molar-refractivity contribution >= 4 is 27.5 Å². The van der Waals surface area contributed by atoms with Crippen LogP contribution in [0, 0.1) is 17.0 Å². The number of benzene rings is 1. The maximum absolute atomic E-state index is 12.6. The Hall–Kier alpha value is -1.43. The number of hydrogen-bond acceptors (Lipinski definition) is 3. The molecular formula is C14H17BrN2O3. The summed E-state index contributed by atoms with van der Waals surface area (Å²) < 4.78 is 0. The minimum absolute atomic E-state index is 0.0271. The summed E-state index contributed by atoms with van der Waals surface area (Å²) in [4.78, 5) is 24.9. The fraction of sp³-hybridized carbons (Fsp3) is 0.500. The average Bonchev–Trinajstić information content (AvgIpc) is 2.45. The van der Waals surface area contributed by atoms with Crippen molar-refractivity contribution in [1.82, 2.24) is 4.90 Å². The van der Waals surface area contributed by atoms with Crippen LogP contribution in [0.15, 0.2) is 18.2 Å². The van der Waals surface area contributed by atoms with Gasteiger partial charge in [0.25, 0.3) is 11.6 Å². The first kappa shape index (κ1) is 15.0. The van der Waals surface area contributed by atoms with Gasteiger partial charge < -0.3 is 4.90 Å². The van der Waals surface area contributed by atoms with E-state index in [0.29, 0.717) is 5.56 Å². The fourth-order valence-corrected chi connectivity index (χ4v) is 3.26. The lowest BCUT2D eigenvalue weighted by atomic mass is 10.0. The molecule has 0 spiro atoms. The summed E-state index contributed by atoms with van der Waals surface area (Å²) >= 11 is 3.44. The molecule has 2 rings (SSSR count). The van der Waals surface area contributed by atoms with Crippen molar-refractivity contribution in [3.63, 3.8) is 0 Å². The summed E-state index contributed by atoms with van der Waals surface area (Å²) in [7, 11) is 0. The first-order valence-corrected chi connectivity index (χ1v) is 7.78. The summed E-state index contributed by atoms with van der Waals surface area (Å²) in [6, 6.07) is 4.75. The average molecular weight is 341 g/mol. The van der Waals surface area contributed by atoms with Gasteiger partial charge in [0.15, 0.2) is 0 Å². The number of piperidine rings is 1. The summed E-state index contributed by atoms with van der Waals surface area (Å²) in [6.45, 7) is 2.48. The van der Waals surface area contributed by atoms with Crippen molar-refractivity contribution in [2.45, 2.75) is 32.2 Å². The molecule has 0 saturated carbocycles. The number of amides is 1. The zero-order valence-corrected chi connectivity index (χ0v) is 12.9. The topological polar surface area (TPSA) is 63.5 Å². The Labute approximate surface area is 126 Å². The molecule has 0 aromatic heterocycles. The van der Waals surface area contributed by atoms with Gasteiger partial charge in [-0.05, 0) is 37.8 Å². The molecule has 0 N–H and O–H groups in total. The van der Waals surface area contributed by atoms with Crippen LogP contribution >= 0.6 is 15.9 Å². The number of halogens is 1. The van der Waals surface area contributed by atoms with Gasteiger partial charge in [-0.1, -0.05) is 15.9 Å². The number of nitro benzene ring substituents is 1. The molecule has 1 amide bonds. The first-order chi connectivity index (χ1) is 9.52. The number of hydrogen-bond donors (Lipinski definition) is 0. The van der Waals surface area contributed by atoms with Gasteiger partial charge in [0.2, 0.25) is 0 Å². The second-order valence-corrected chi connectivity index (χ2v) is 5.76. The third-order valence-electron chi connectivity index (χ3n) is 3.59. The van der Waals surface area contributed by atoms with Crippen LogP contribution in [0.3, 0.4) is 0 Å². The highest BCUT2D eigenvalue weighted by atomic mass is 79.9. The number of likely N-dealkylation sites (tertiary alicyclic amines) is 1. The van der Waals surface area contributed by atoms with Crippen LogP contribution in [0.5, 0.6) is 0 Å². The summed E-state index contributed by atoms with van der Waals surface area (Å²) in [6.07, 6.45) is 3.09. The monoisotopic (exact) mass is 340 g/mol. The molecule has 20 heavy (non-hydrogen) atoms. The predicted molar refractivity (Wildman–Crippen MR) is 80.3 cm³/mol. The normalized spacial score (nSPS) is 18.9. The Balaban J connectivity index is 2.30. The van der Waals surface area contributed by atoms with Crippen LogP contribution in [0.25, 0.3) is 0 Å². The molecule has 1 unspecified atom stereocenters. The molecule has 1 saturated heterocycles.